The Morgan fingerprint density at radius 1 is 1.13 bits per heavy atom. The van der Waals surface area contributed by atoms with Crippen molar-refractivity contribution in [3.63, 3.8) is 0 Å². The molecule has 0 saturated heterocycles. The van der Waals surface area contributed by atoms with Gasteiger partial charge in [-0.15, -0.1) is 6.58 Å². The second kappa shape index (κ2) is 17.9. The Hall–Kier alpha value is -0.440. The predicted molar refractivity (Wildman–Crippen MR) is 112 cm³/mol. The maximum atomic E-state index is 12.1. The van der Waals surface area contributed by atoms with Gasteiger partial charge in [0.15, 0.2) is 0 Å². The van der Waals surface area contributed by atoms with Crippen LogP contribution in [0.15, 0.2) is 12.2 Å². The first kappa shape index (κ1) is 34.0. The third kappa shape index (κ3) is 16.2. The first-order chi connectivity index (χ1) is 8.83. The summed E-state index contributed by atoms with van der Waals surface area (Å²) in [6.07, 6.45) is 3.15. The molecule has 0 radical (unpaired) electrons. The fourth-order valence-corrected chi connectivity index (χ4v) is 2.81. The van der Waals surface area contributed by atoms with Crippen LogP contribution in [0, 0.1) is 11.3 Å². The maximum absolute atomic E-state index is 12.1. The van der Waals surface area contributed by atoms with E-state index in [1.54, 1.807) is 11.8 Å². The van der Waals surface area contributed by atoms with Crippen molar-refractivity contribution in [2.45, 2.75) is 83.6 Å². The third-order valence-electron chi connectivity index (χ3n) is 3.29. The first-order valence-corrected chi connectivity index (χ1v) is 8.38. The van der Waals surface area contributed by atoms with Crippen molar-refractivity contribution in [1.82, 2.24) is 0 Å². The highest BCUT2D eigenvalue weighted by Crippen LogP contribution is 2.25. The van der Waals surface area contributed by atoms with Gasteiger partial charge in [0, 0.05) is 5.75 Å². The van der Waals surface area contributed by atoms with Crippen LogP contribution in [-0.2, 0) is 9.53 Å². The molecule has 0 fully saturated rings. The molecule has 144 valence electrons. The number of hydrogen-bond acceptors (Lipinski definition) is 3. The van der Waals surface area contributed by atoms with E-state index in [1.807, 2.05) is 20.8 Å². The summed E-state index contributed by atoms with van der Waals surface area (Å²) in [4.78, 5) is 12.1. The fraction of sp³-hybridized carbons (Fsp3) is 0.850. The zero-order valence-corrected chi connectivity index (χ0v) is 14.1. The molecule has 0 aromatic rings. The van der Waals surface area contributed by atoms with Crippen LogP contribution in [0.5, 0.6) is 0 Å². The Bertz CT molecular complexity index is 281. The van der Waals surface area contributed by atoms with Gasteiger partial charge in [-0.3, -0.25) is 4.79 Å². The van der Waals surface area contributed by atoms with Crippen LogP contribution >= 0.6 is 11.8 Å². The van der Waals surface area contributed by atoms with E-state index in [-0.39, 0.29) is 35.7 Å². The van der Waals surface area contributed by atoms with E-state index in [1.165, 1.54) is 5.57 Å². The molecule has 0 aromatic heterocycles. The molecule has 2 nitrogen and oxygen atoms in total. The molecule has 0 spiro atoms. The summed E-state index contributed by atoms with van der Waals surface area (Å²) in [5.41, 5.74) is 0.799. The molecule has 0 aromatic carbocycles. The van der Waals surface area contributed by atoms with Crippen LogP contribution < -0.4 is 0 Å². The van der Waals surface area contributed by atoms with E-state index in [0.717, 1.165) is 30.8 Å². The Morgan fingerprint density at radius 2 is 1.61 bits per heavy atom. The summed E-state index contributed by atoms with van der Waals surface area (Å²) >= 11 is 1.80. The second-order valence-electron chi connectivity index (χ2n) is 5.92. The zero-order valence-electron chi connectivity index (χ0n) is 13.3. The number of hydrogen-bond donors (Lipinski definition) is 0. The SMILES string of the molecule is C.C.C.C.C=C(C)CCSCC(C)(C)C(=O)OCC(CC)CC. The number of carbonyl (C=O) groups is 1. The summed E-state index contributed by atoms with van der Waals surface area (Å²) in [5, 5.41) is 0. The number of allylic oxidation sites excluding steroid dienone is 1. The van der Waals surface area contributed by atoms with E-state index in [9.17, 15) is 4.79 Å². The molecule has 0 unspecified atom stereocenters. The molecule has 0 amide bonds. The topological polar surface area (TPSA) is 26.3 Å². The average Bonchev–Trinajstić information content (AvgIpc) is 2.35. The fourth-order valence-electron chi connectivity index (χ4n) is 1.55. The van der Waals surface area contributed by atoms with Gasteiger partial charge < -0.3 is 4.74 Å². The van der Waals surface area contributed by atoms with Crippen LogP contribution in [0.3, 0.4) is 0 Å². The molecule has 0 rings (SSSR count). The van der Waals surface area contributed by atoms with Crippen LogP contribution in [0.2, 0.25) is 0 Å². The quantitative estimate of drug-likeness (QED) is 0.236. The van der Waals surface area contributed by atoms with Gasteiger partial charge in [0.25, 0.3) is 0 Å². The van der Waals surface area contributed by atoms with E-state index < -0.39 is 5.41 Å². The molecule has 0 aliphatic carbocycles. The molecular formula is C20H46O2S. The number of rotatable bonds is 10. The Balaban J connectivity index is -0.000000270. The Morgan fingerprint density at radius 3 is 2.00 bits per heavy atom. The van der Waals surface area contributed by atoms with Crippen LogP contribution in [0.1, 0.15) is 83.6 Å². The largest absolute Gasteiger partial charge is 0.465 e. The molecule has 0 aliphatic rings. The predicted octanol–water partition coefficient (Wildman–Crippen LogP) is 7.24. The molecular weight excluding hydrogens is 304 g/mol. The van der Waals surface area contributed by atoms with E-state index >= 15 is 0 Å². The zero-order chi connectivity index (χ0) is 14.9. The summed E-state index contributed by atoms with van der Waals surface area (Å²) in [6, 6.07) is 0. The Labute approximate surface area is 152 Å². The second-order valence-corrected chi connectivity index (χ2v) is 7.03. The first-order valence-electron chi connectivity index (χ1n) is 7.22. The third-order valence-corrected chi connectivity index (χ3v) is 4.71. The lowest BCUT2D eigenvalue weighted by molar-refractivity contribution is -0.154. The van der Waals surface area contributed by atoms with Gasteiger partial charge in [0.2, 0.25) is 0 Å². The van der Waals surface area contributed by atoms with Gasteiger partial charge in [0.05, 0.1) is 12.0 Å². The van der Waals surface area contributed by atoms with Crippen LogP contribution in [-0.4, -0.2) is 24.1 Å². The summed E-state index contributed by atoms with van der Waals surface area (Å²) in [6.45, 7) is 14.7. The van der Waals surface area contributed by atoms with E-state index in [0.29, 0.717) is 12.5 Å². The summed E-state index contributed by atoms with van der Waals surface area (Å²) < 4.78 is 5.46. The van der Waals surface area contributed by atoms with Gasteiger partial charge in [0.1, 0.15) is 0 Å². The van der Waals surface area contributed by atoms with Crippen LogP contribution in [0.25, 0.3) is 0 Å². The minimum absolute atomic E-state index is 0. The number of carbonyl (C=O) groups excluding carboxylic acids is 1. The molecule has 0 N–H and O–H groups in total. The van der Waals surface area contributed by atoms with Crippen molar-refractivity contribution in [2.75, 3.05) is 18.1 Å². The molecule has 23 heavy (non-hydrogen) atoms. The van der Waals surface area contributed by atoms with Gasteiger partial charge in [-0.1, -0.05) is 62.0 Å². The van der Waals surface area contributed by atoms with Crippen molar-refractivity contribution >= 4 is 17.7 Å². The van der Waals surface area contributed by atoms with Crippen molar-refractivity contribution < 1.29 is 9.53 Å². The number of ether oxygens (including phenoxy) is 1. The van der Waals surface area contributed by atoms with Gasteiger partial charge >= 0.3 is 5.97 Å². The lowest BCUT2D eigenvalue weighted by atomic mass is 9.96. The minimum Gasteiger partial charge on any atom is -0.465 e. The molecule has 0 saturated carbocycles. The standard InChI is InChI=1S/C16H30O2S.4CH4/c1-7-14(8-2)11-18-15(17)16(5,6)12-19-10-9-13(3)4;;;;/h14H,3,7-12H2,1-2,4-6H3;4*1H4. The van der Waals surface area contributed by atoms with Crippen molar-refractivity contribution in [3.8, 4) is 0 Å². The minimum atomic E-state index is -0.397. The maximum Gasteiger partial charge on any atom is 0.312 e. The van der Waals surface area contributed by atoms with Crippen molar-refractivity contribution in [3.05, 3.63) is 12.2 Å². The highest BCUT2D eigenvalue weighted by Gasteiger charge is 2.29. The Kier molecular flexibility index (Phi) is 26.5. The van der Waals surface area contributed by atoms with Gasteiger partial charge in [-0.05, 0) is 38.9 Å². The molecule has 0 bridgehead atoms. The molecule has 0 aliphatic heterocycles. The smallest absolute Gasteiger partial charge is 0.312 e. The van der Waals surface area contributed by atoms with Gasteiger partial charge in [-0.2, -0.15) is 11.8 Å². The monoisotopic (exact) mass is 350 g/mol. The highest BCUT2D eigenvalue weighted by molar-refractivity contribution is 7.99. The van der Waals surface area contributed by atoms with E-state index in [4.69, 9.17) is 4.74 Å². The summed E-state index contributed by atoms with van der Waals surface area (Å²) in [7, 11) is 0. The molecule has 3 heteroatoms. The average molecular weight is 351 g/mol. The normalized spacial score (nSPS) is 9.65. The molecule has 0 atom stereocenters. The number of thioether (sulfide) groups is 1. The highest BCUT2D eigenvalue weighted by atomic mass is 32.2. The van der Waals surface area contributed by atoms with Gasteiger partial charge in [-0.25, -0.2) is 0 Å². The molecule has 0 heterocycles. The van der Waals surface area contributed by atoms with Crippen molar-refractivity contribution in [2.24, 2.45) is 11.3 Å². The van der Waals surface area contributed by atoms with Crippen molar-refractivity contribution in [1.29, 1.82) is 0 Å². The lowest BCUT2D eigenvalue weighted by Gasteiger charge is -2.23. The summed E-state index contributed by atoms with van der Waals surface area (Å²) in [5.74, 6) is 2.26. The number of esters is 1. The van der Waals surface area contributed by atoms with Crippen LogP contribution in [0.4, 0.5) is 0 Å². The van der Waals surface area contributed by atoms with E-state index in [2.05, 4.69) is 20.4 Å². The lowest BCUT2D eigenvalue weighted by Crippen LogP contribution is -2.30.